The first-order chi connectivity index (χ1) is 10.2. The number of rotatable bonds is 7. The van der Waals surface area contributed by atoms with E-state index in [1.807, 2.05) is 11.3 Å². The molecule has 3 nitrogen and oxygen atoms in total. The Morgan fingerprint density at radius 3 is 2.76 bits per heavy atom. The van der Waals surface area contributed by atoms with Gasteiger partial charge in [0.15, 0.2) is 0 Å². The monoisotopic (exact) mass is 367 g/mol. The normalized spacial score (nSPS) is 15.0. The Morgan fingerprint density at radius 2 is 2.19 bits per heavy atom. The fourth-order valence-corrected chi connectivity index (χ4v) is 4.14. The molecule has 0 radical (unpaired) electrons. The van der Waals surface area contributed by atoms with Gasteiger partial charge in [-0.05, 0) is 53.6 Å². The second-order valence-corrected chi connectivity index (χ2v) is 7.42. The summed E-state index contributed by atoms with van der Waals surface area (Å²) < 4.78 is 3.37. The first-order valence-corrected chi connectivity index (χ1v) is 9.40. The van der Waals surface area contributed by atoms with Crippen molar-refractivity contribution in [3.8, 4) is 0 Å². The van der Waals surface area contributed by atoms with Gasteiger partial charge in [0.2, 0.25) is 0 Å². The van der Waals surface area contributed by atoms with E-state index in [0.29, 0.717) is 0 Å². The van der Waals surface area contributed by atoms with Crippen LogP contribution < -0.4 is 0 Å². The number of aryl methyl sites for hydroxylation is 2. The Bertz CT molecular complexity index is 587. The minimum absolute atomic E-state index is 0.754. The fourth-order valence-electron chi connectivity index (χ4n) is 2.72. The maximum Gasteiger partial charge on any atom is 0.0767 e. The SMILES string of the molecule is CCc1nn(CC)c(CN(Cc2cccs2)C2CC2)c1Br. The molecule has 0 aromatic carbocycles. The zero-order valence-corrected chi connectivity index (χ0v) is 15.1. The quantitative estimate of drug-likeness (QED) is 0.720. The summed E-state index contributed by atoms with van der Waals surface area (Å²) in [4.78, 5) is 4.07. The molecule has 21 heavy (non-hydrogen) atoms. The molecule has 2 aromatic rings. The molecule has 2 heterocycles. The summed E-state index contributed by atoms with van der Waals surface area (Å²) in [5.41, 5.74) is 2.51. The highest BCUT2D eigenvalue weighted by Gasteiger charge is 2.30. The van der Waals surface area contributed by atoms with Crippen molar-refractivity contribution in [1.29, 1.82) is 0 Å². The predicted octanol–water partition coefficient (Wildman–Crippen LogP) is 4.45. The molecule has 0 aliphatic heterocycles. The molecule has 1 fully saturated rings. The second kappa shape index (κ2) is 6.63. The first-order valence-electron chi connectivity index (χ1n) is 7.73. The van der Waals surface area contributed by atoms with Gasteiger partial charge in [0, 0.05) is 30.6 Å². The van der Waals surface area contributed by atoms with Gasteiger partial charge in [0.1, 0.15) is 0 Å². The Balaban J connectivity index is 1.81. The molecule has 0 saturated heterocycles. The number of hydrogen-bond donors (Lipinski definition) is 0. The Kier molecular flexibility index (Phi) is 4.82. The van der Waals surface area contributed by atoms with Crippen LogP contribution in [0.15, 0.2) is 22.0 Å². The maximum atomic E-state index is 4.72. The van der Waals surface area contributed by atoms with Crippen molar-refractivity contribution in [2.24, 2.45) is 0 Å². The third-order valence-electron chi connectivity index (χ3n) is 4.05. The van der Waals surface area contributed by atoms with Crippen LogP contribution in [-0.2, 0) is 26.1 Å². The molecular weight excluding hydrogens is 346 g/mol. The zero-order valence-electron chi connectivity index (χ0n) is 12.7. The topological polar surface area (TPSA) is 21.1 Å². The lowest BCUT2D eigenvalue weighted by molar-refractivity contribution is 0.239. The minimum atomic E-state index is 0.754. The van der Waals surface area contributed by atoms with Crippen LogP contribution in [0, 0.1) is 0 Å². The van der Waals surface area contributed by atoms with E-state index in [2.05, 4.69) is 56.9 Å². The largest absolute Gasteiger partial charge is 0.289 e. The molecule has 1 aliphatic rings. The van der Waals surface area contributed by atoms with Crippen molar-refractivity contribution in [2.75, 3.05) is 0 Å². The molecule has 114 valence electrons. The molecule has 2 aromatic heterocycles. The van der Waals surface area contributed by atoms with E-state index in [1.165, 1.54) is 33.6 Å². The summed E-state index contributed by atoms with van der Waals surface area (Å²) in [6.07, 6.45) is 3.66. The van der Waals surface area contributed by atoms with Gasteiger partial charge in [-0.25, -0.2) is 0 Å². The molecular formula is C16H22BrN3S. The highest BCUT2D eigenvalue weighted by Crippen LogP contribution is 2.32. The van der Waals surface area contributed by atoms with Crippen LogP contribution in [0.4, 0.5) is 0 Å². The molecule has 0 amide bonds. The molecule has 1 saturated carbocycles. The van der Waals surface area contributed by atoms with E-state index < -0.39 is 0 Å². The smallest absolute Gasteiger partial charge is 0.0767 e. The molecule has 0 bridgehead atoms. The highest BCUT2D eigenvalue weighted by atomic mass is 79.9. The Labute approximate surface area is 139 Å². The van der Waals surface area contributed by atoms with Crippen LogP contribution in [0.5, 0.6) is 0 Å². The minimum Gasteiger partial charge on any atom is -0.289 e. The van der Waals surface area contributed by atoms with Crippen molar-refractivity contribution >= 4 is 27.3 Å². The van der Waals surface area contributed by atoms with Gasteiger partial charge in [-0.2, -0.15) is 5.10 Å². The van der Waals surface area contributed by atoms with Crippen LogP contribution in [0.25, 0.3) is 0 Å². The molecule has 0 N–H and O–H groups in total. The van der Waals surface area contributed by atoms with Crippen molar-refractivity contribution < 1.29 is 0 Å². The van der Waals surface area contributed by atoms with Crippen molar-refractivity contribution in [3.05, 3.63) is 38.3 Å². The van der Waals surface area contributed by atoms with E-state index in [4.69, 9.17) is 5.10 Å². The standard InChI is InChI=1S/C16H22BrN3S/c1-3-14-16(17)15(20(4-2)18-14)11-19(12-7-8-12)10-13-6-5-9-21-13/h5-6,9,12H,3-4,7-8,10-11H2,1-2H3. The van der Waals surface area contributed by atoms with Crippen LogP contribution in [0.2, 0.25) is 0 Å². The molecule has 0 unspecified atom stereocenters. The van der Waals surface area contributed by atoms with Gasteiger partial charge < -0.3 is 0 Å². The van der Waals surface area contributed by atoms with Crippen molar-refractivity contribution in [2.45, 2.75) is 58.8 Å². The Morgan fingerprint density at radius 1 is 1.38 bits per heavy atom. The van der Waals surface area contributed by atoms with Crippen LogP contribution in [0.1, 0.15) is 43.0 Å². The maximum absolute atomic E-state index is 4.72. The van der Waals surface area contributed by atoms with Gasteiger partial charge in [-0.3, -0.25) is 9.58 Å². The summed E-state index contributed by atoms with van der Waals surface area (Å²) >= 11 is 5.63. The van der Waals surface area contributed by atoms with Gasteiger partial charge in [-0.15, -0.1) is 11.3 Å². The summed E-state index contributed by atoms with van der Waals surface area (Å²) in [7, 11) is 0. The number of hydrogen-bond acceptors (Lipinski definition) is 3. The third kappa shape index (κ3) is 3.41. The fraction of sp³-hybridized carbons (Fsp3) is 0.562. The van der Waals surface area contributed by atoms with Crippen LogP contribution in [-0.4, -0.2) is 20.7 Å². The third-order valence-corrected chi connectivity index (χ3v) is 5.83. The van der Waals surface area contributed by atoms with E-state index in [0.717, 1.165) is 32.1 Å². The summed E-state index contributed by atoms with van der Waals surface area (Å²) in [5.74, 6) is 0. The Hall–Kier alpha value is -0.650. The lowest BCUT2D eigenvalue weighted by Gasteiger charge is -2.22. The van der Waals surface area contributed by atoms with Gasteiger partial charge >= 0.3 is 0 Å². The van der Waals surface area contributed by atoms with Crippen molar-refractivity contribution in [3.63, 3.8) is 0 Å². The van der Waals surface area contributed by atoms with Crippen molar-refractivity contribution in [1.82, 2.24) is 14.7 Å². The van der Waals surface area contributed by atoms with E-state index in [9.17, 15) is 0 Å². The summed E-state index contributed by atoms with van der Waals surface area (Å²) in [5, 5.41) is 6.89. The summed E-state index contributed by atoms with van der Waals surface area (Å²) in [6.45, 7) is 7.32. The lowest BCUT2D eigenvalue weighted by atomic mass is 10.2. The van der Waals surface area contributed by atoms with Gasteiger partial charge in [-0.1, -0.05) is 13.0 Å². The number of thiophene rings is 1. The van der Waals surface area contributed by atoms with Gasteiger partial charge in [0.05, 0.1) is 15.9 Å². The average Bonchev–Trinajstić information content (AvgIpc) is 3.13. The van der Waals surface area contributed by atoms with Crippen LogP contribution >= 0.6 is 27.3 Å². The number of nitrogens with zero attached hydrogens (tertiary/aromatic N) is 3. The zero-order chi connectivity index (χ0) is 14.8. The predicted molar refractivity (Wildman–Crippen MR) is 91.6 cm³/mol. The number of aromatic nitrogens is 2. The molecule has 3 rings (SSSR count). The molecule has 0 atom stereocenters. The second-order valence-electron chi connectivity index (χ2n) is 5.59. The van der Waals surface area contributed by atoms with Crippen LogP contribution in [0.3, 0.4) is 0 Å². The average molecular weight is 368 g/mol. The van der Waals surface area contributed by atoms with Gasteiger partial charge in [0.25, 0.3) is 0 Å². The molecule has 0 spiro atoms. The highest BCUT2D eigenvalue weighted by molar-refractivity contribution is 9.10. The van der Waals surface area contributed by atoms with E-state index >= 15 is 0 Å². The molecule has 5 heteroatoms. The molecule has 1 aliphatic carbocycles. The first kappa shape index (κ1) is 15.3. The van der Waals surface area contributed by atoms with E-state index in [-0.39, 0.29) is 0 Å². The summed E-state index contributed by atoms with van der Waals surface area (Å²) in [6, 6.07) is 5.14. The van der Waals surface area contributed by atoms with E-state index in [1.54, 1.807) is 0 Å². The lowest BCUT2D eigenvalue weighted by Crippen LogP contribution is -2.26. The number of halogens is 1.